The predicted octanol–water partition coefficient (Wildman–Crippen LogP) is 17.3. The molecule has 0 rings (SSSR count). The highest BCUT2D eigenvalue weighted by molar-refractivity contribution is 5.71. The molecule has 0 fully saturated rings. The maximum atomic E-state index is 12.8. The number of esters is 3. The lowest BCUT2D eigenvalue weighted by molar-refractivity contribution is -0.167. The Bertz CT molecular complexity index is 1030. The Kier molecular flexibility index (Phi) is 48.3. The molecule has 0 aliphatic rings. The van der Waals surface area contributed by atoms with E-state index in [1.165, 1.54) is 161 Å². The van der Waals surface area contributed by atoms with Gasteiger partial charge < -0.3 is 14.2 Å². The lowest BCUT2D eigenvalue weighted by Gasteiger charge is -2.18. The zero-order chi connectivity index (χ0) is 44.4. The predicted molar refractivity (Wildman–Crippen MR) is 261 cm³/mol. The van der Waals surface area contributed by atoms with Gasteiger partial charge in [-0.25, -0.2) is 0 Å². The van der Waals surface area contributed by atoms with E-state index in [9.17, 15) is 14.4 Å². The molecule has 0 aliphatic carbocycles. The molecule has 0 saturated carbocycles. The lowest BCUT2D eigenvalue weighted by atomic mass is 10.0. The van der Waals surface area contributed by atoms with Gasteiger partial charge in [-0.05, 0) is 70.6 Å². The van der Waals surface area contributed by atoms with Gasteiger partial charge in [0.25, 0.3) is 0 Å². The minimum Gasteiger partial charge on any atom is -0.462 e. The maximum absolute atomic E-state index is 12.8. The second-order valence-electron chi connectivity index (χ2n) is 17.8. The van der Waals surface area contributed by atoms with Gasteiger partial charge in [0, 0.05) is 19.3 Å². The van der Waals surface area contributed by atoms with Crippen LogP contribution in [0.15, 0.2) is 36.5 Å². The Morgan fingerprint density at radius 2 is 0.639 bits per heavy atom. The lowest BCUT2D eigenvalue weighted by Crippen LogP contribution is -2.30. The summed E-state index contributed by atoms with van der Waals surface area (Å²) in [7, 11) is 0. The van der Waals surface area contributed by atoms with E-state index in [4.69, 9.17) is 14.2 Å². The minimum atomic E-state index is -0.774. The van der Waals surface area contributed by atoms with E-state index in [0.717, 1.165) is 77.0 Å². The standard InChI is InChI=1S/C55H100O6/c1-4-7-10-13-16-19-22-25-28-31-33-36-39-42-45-48-54(57)60-51-52(61-55(58)49-46-43-40-37-34-30-27-24-21-18-15-12-9-6-3)50-59-53(56)47-44-41-38-35-32-29-26-23-20-17-14-11-8-5-2/h9,12,18-19,21-22,52H,4-8,10-11,13-17,20,23-51H2,1-3H3/b12-9-,21-18-,22-19-. The van der Waals surface area contributed by atoms with Crippen LogP contribution < -0.4 is 0 Å². The summed E-state index contributed by atoms with van der Waals surface area (Å²) in [6.07, 6.45) is 58.4. The van der Waals surface area contributed by atoms with E-state index < -0.39 is 6.10 Å². The number of hydrogen-bond donors (Lipinski definition) is 0. The van der Waals surface area contributed by atoms with Crippen LogP contribution in [0, 0.1) is 0 Å². The first kappa shape index (κ1) is 58.6. The summed E-state index contributed by atoms with van der Waals surface area (Å²) >= 11 is 0. The fourth-order valence-corrected chi connectivity index (χ4v) is 7.65. The van der Waals surface area contributed by atoms with Gasteiger partial charge in [-0.3, -0.25) is 14.4 Å². The molecule has 0 aliphatic heterocycles. The van der Waals surface area contributed by atoms with Crippen LogP contribution >= 0.6 is 0 Å². The first-order valence-corrected chi connectivity index (χ1v) is 26.5. The average molecular weight is 857 g/mol. The van der Waals surface area contributed by atoms with E-state index in [-0.39, 0.29) is 31.1 Å². The fourth-order valence-electron chi connectivity index (χ4n) is 7.65. The van der Waals surface area contributed by atoms with Crippen LogP contribution in [0.3, 0.4) is 0 Å². The Labute approximate surface area is 378 Å². The zero-order valence-electron chi connectivity index (χ0n) is 40.7. The van der Waals surface area contributed by atoms with Gasteiger partial charge in [-0.1, -0.05) is 224 Å². The third-order valence-corrected chi connectivity index (χ3v) is 11.6. The average Bonchev–Trinajstić information content (AvgIpc) is 3.26. The summed E-state index contributed by atoms with van der Waals surface area (Å²) in [5.41, 5.74) is 0. The number of rotatable bonds is 48. The zero-order valence-corrected chi connectivity index (χ0v) is 40.7. The quantitative estimate of drug-likeness (QED) is 0.0262. The van der Waals surface area contributed by atoms with Crippen LogP contribution in [0.1, 0.15) is 278 Å². The van der Waals surface area contributed by atoms with E-state index in [1.807, 2.05) is 0 Å². The normalized spacial score (nSPS) is 12.2. The molecule has 1 atom stereocenters. The smallest absolute Gasteiger partial charge is 0.306 e. The molecule has 0 spiro atoms. The van der Waals surface area contributed by atoms with Crippen LogP contribution in [0.5, 0.6) is 0 Å². The Balaban J connectivity index is 4.36. The van der Waals surface area contributed by atoms with Crippen LogP contribution in [-0.2, 0) is 28.6 Å². The van der Waals surface area contributed by atoms with Crippen LogP contribution in [0.25, 0.3) is 0 Å². The molecule has 0 bridgehead atoms. The first-order valence-electron chi connectivity index (χ1n) is 26.5. The summed E-state index contributed by atoms with van der Waals surface area (Å²) in [6, 6.07) is 0. The van der Waals surface area contributed by atoms with Crippen molar-refractivity contribution < 1.29 is 28.6 Å². The van der Waals surface area contributed by atoms with Gasteiger partial charge >= 0.3 is 17.9 Å². The van der Waals surface area contributed by atoms with Crippen molar-refractivity contribution in [3.63, 3.8) is 0 Å². The molecule has 0 aromatic carbocycles. The van der Waals surface area contributed by atoms with Gasteiger partial charge in [0.15, 0.2) is 6.10 Å². The number of hydrogen-bond acceptors (Lipinski definition) is 6. The molecular formula is C55H100O6. The summed E-state index contributed by atoms with van der Waals surface area (Å²) in [5.74, 6) is -0.875. The third kappa shape index (κ3) is 48.5. The molecule has 0 N–H and O–H groups in total. The van der Waals surface area contributed by atoms with Crippen LogP contribution in [0.2, 0.25) is 0 Å². The van der Waals surface area contributed by atoms with Crippen molar-refractivity contribution in [3.8, 4) is 0 Å². The topological polar surface area (TPSA) is 78.9 Å². The van der Waals surface area contributed by atoms with E-state index in [1.54, 1.807) is 0 Å². The summed E-state index contributed by atoms with van der Waals surface area (Å²) in [4.78, 5) is 38.0. The number of carbonyl (C=O) groups is 3. The van der Waals surface area contributed by atoms with Crippen molar-refractivity contribution in [1.29, 1.82) is 0 Å². The highest BCUT2D eigenvalue weighted by atomic mass is 16.6. The largest absolute Gasteiger partial charge is 0.462 e. The second kappa shape index (κ2) is 50.3. The fraction of sp³-hybridized carbons (Fsp3) is 0.836. The molecular weight excluding hydrogens is 757 g/mol. The van der Waals surface area contributed by atoms with Crippen molar-refractivity contribution in [2.75, 3.05) is 13.2 Å². The summed E-state index contributed by atoms with van der Waals surface area (Å²) < 4.78 is 16.8. The molecule has 0 aromatic heterocycles. The minimum absolute atomic E-state index is 0.0736. The molecule has 6 heteroatoms. The third-order valence-electron chi connectivity index (χ3n) is 11.6. The Hall–Kier alpha value is -2.37. The van der Waals surface area contributed by atoms with Crippen molar-refractivity contribution in [2.45, 2.75) is 284 Å². The van der Waals surface area contributed by atoms with Crippen LogP contribution in [-0.4, -0.2) is 37.2 Å². The van der Waals surface area contributed by atoms with E-state index >= 15 is 0 Å². The number of carbonyl (C=O) groups excluding carboxylic acids is 3. The van der Waals surface area contributed by atoms with Crippen molar-refractivity contribution in [1.82, 2.24) is 0 Å². The van der Waals surface area contributed by atoms with E-state index in [0.29, 0.717) is 19.3 Å². The summed E-state index contributed by atoms with van der Waals surface area (Å²) in [5, 5.41) is 0. The second-order valence-corrected chi connectivity index (χ2v) is 17.8. The Morgan fingerprint density at radius 3 is 1.02 bits per heavy atom. The van der Waals surface area contributed by atoms with Gasteiger partial charge in [0.05, 0.1) is 0 Å². The molecule has 0 heterocycles. The van der Waals surface area contributed by atoms with Gasteiger partial charge in [0.2, 0.25) is 0 Å². The van der Waals surface area contributed by atoms with E-state index in [2.05, 4.69) is 57.2 Å². The SMILES string of the molecule is CC/C=C\C/C=C\CCCCCCCCCC(=O)OC(COC(=O)CCCCCCCCC/C=C\CCCCCC)COC(=O)CCCCCCCCCCCCCCCC. The first-order chi connectivity index (χ1) is 30.0. The number of ether oxygens (including phenoxy) is 3. The molecule has 61 heavy (non-hydrogen) atoms. The highest BCUT2D eigenvalue weighted by Gasteiger charge is 2.19. The van der Waals surface area contributed by atoms with Crippen molar-refractivity contribution in [2.24, 2.45) is 0 Å². The molecule has 0 radical (unpaired) electrons. The summed E-state index contributed by atoms with van der Waals surface area (Å²) in [6.45, 7) is 6.54. The molecule has 1 unspecified atom stereocenters. The molecule has 6 nitrogen and oxygen atoms in total. The molecule has 0 saturated heterocycles. The molecule has 0 amide bonds. The number of allylic oxidation sites excluding steroid dienone is 6. The number of unbranched alkanes of at least 4 members (excludes halogenated alkanes) is 31. The van der Waals surface area contributed by atoms with Crippen molar-refractivity contribution in [3.05, 3.63) is 36.5 Å². The molecule has 356 valence electrons. The van der Waals surface area contributed by atoms with Gasteiger partial charge in [-0.2, -0.15) is 0 Å². The van der Waals surface area contributed by atoms with Gasteiger partial charge in [-0.15, -0.1) is 0 Å². The maximum Gasteiger partial charge on any atom is 0.306 e. The van der Waals surface area contributed by atoms with Crippen molar-refractivity contribution >= 4 is 17.9 Å². The highest BCUT2D eigenvalue weighted by Crippen LogP contribution is 2.16. The van der Waals surface area contributed by atoms with Gasteiger partial charge in [0.1, 0.15) is 13.2 Å². The monoisotopic (exact) mass is 857 g/mol. The Morgan fingerprint density at radius 1 is 0.344 bits per heavy atom. The van der Waals surface area contributed by atoms with Crippen LogP contribution in [0.4, 0.5) is 0 Å². The molecule has 0 aromatic rings.